The normalized spacial score (nSPS) is 11.4. The van der Waals surface area contributed by atoms with Gasteiger partial charge in [0.25, 0.3) is 5.91 Å². The molecule has 0 unspecified atom stereocenters. The number of likely N-dealkylation sites (N-methyl/N-ethyl adjacent to an activating group) is 1. The molecular formula is C22H21N3O. The number of amides is 1. The monoisotopic (exact) mass is 343 g/mol. The Bertz CT molecular complexity index is 1030. The SMILES string of the molecule is Cc1cccc(Cn2cc(/C=C(/C#N)C(=O)N(C)C)c3ccccc32)c1. The van der Waals surface area contributed by atoms with Gasteiger partial charge in [0.1, 0.15) is 11.6 Å². The highest BCUT2D eigenvalue weighted by atomic mass is 16.2. The molecule has 0 spiro atoms. The Kier molecular flexibility index (Phi) is 4.90. The number of carbonyl (C=O) groups excluding carboxylic acids is 1. The second-order valence-electron chi connectivity index (χ2n) is 6.59. The molecule has 2 aromatic carbocycles. The molecule has 26 heavy (non-hydrogen) atoms. The number of para-hydroxylation sites is 1. The van der Waals surface area contributed by atoms with Gasteiger partial charge in [0.2, 0.25) is 0 Å². The predicted molar refractivity (Wildman–Crippen MR) is 105 cm³/mol. The van der Waals surface area contributed by atoms with Crippen molar-refractivity contribution in [2.45, 2.75) is 13.5 Å². The van der Waals surface area contributed by atoms with E-state index >= 15 is 0 Å². The Labute approximate surface area is 153 Å². The van der Waals surface area contributed by atoms with Crippen LogP contribution in [0.3, 0.4) is 0 Å². The number of carbonyl (C=O) groups is 1. The maximum Gasteiger partial charge on any atom is 0.264 e. The Hall–Kier alpha value is -3.32. The van der Waals surface area contributed by atoms with Crippen molar-refractivity contribution in [1.29, 1.82) is 5.26 Å². The lowest BCUT2D eigenvalue weighted by molar-refractivity contribution is -0.124. The summed E-state index contributed by atoms with van der Waals surface area (Å²) in [6.45, 7) is 2.82. The minimum atomic E-state index is -0.289. The number of hydrogen-bond donors (Lipinski definition) is 0. The van der Waals surface area contributed by atoms with Gasteiger partial charge in [-0.05, 0) is 24.6 Å². The van der Waals surface area contributed by atoms with Crippen LogP contribution in [0.1, 0.15) is 16.7 Å². The topological polar surface area (TPSA) is 49.0 Å². The van der Waals surface area contributed by atoms with Crippen molar-refractivity contribution in [2.75, 3.05) is 14.1 Å². The zero-order valence-corrected chi connectivity index (χ0v) is 15.2. The van der Waals surface area contributed by atoms with Gasteiger partial charge in [-0.25, -0.2) is 0 Å². The first kappa shape index (κ1) is 17.5. The molecular weight excluding hydrogens is 322 g/mol. The summed E-state index contributed by atoms with van der Waals surface area (Å²) >= 11 is 0. The van der Waals surface area contributed by atoms with Crippen molar-refractivity contribution in [1.82, 2.24) is 9.47 Å². The van der Waals surface area contributed by atoms with Crippen LogP contribution in [0.15, 0.2) is 60.3 Å². The Morgan fingerprint density at radius 3 is 2.65 bits per heavy atom. The molecule has 0 fully saturated rings. The largest absolute Gasteiger partial charge is 0.344 e. The molecule has 0 saturated carbocycles. The fourth-order valence-corrected chi connectivity index (χ4v) is 3.07. The fraction of sp³-hybridized carbons (Fsp3) is 0.182. The highest BCUT2D eigenvalue weighted by Gasteiger charge is 2.14. The van der Waals surface area contributed by atoms with Gasteiger partial charge >= 0.3 is 0 Å². The maximum atomic E-state index is 12.2. The van der Waals surface area contributed by atoms with Crippen LogP contribution in [-0.4, -0.2) is 29.5 Å². The smallest absolute Gasteiger partial charge is 0.264 e. The van der Waals surface area contributed by atoms with E-state index in [1.165, 1.54) is 16.0 Å². The second-order valence-corrected chi connectivity index (χ2v) is 6.59. The molecule has 0 aliphatic heterocycles. The van der Waals surface area contributed by atoms with Crippen LogP contribution in [0.4, 0.5) is 0 Å². The first-order valence-corrected chi connectivity index (χ1v) is 8.46. The summed E-state index contributed by atoms with van der Waals surface area (Å²) in [5.41, 5.74) is 4.52. The number of hydrogen-bond acceptors (Lipinski definition) is 2. The summed E-state index contributed by atoms with van der Waals surface area (Å²) in [5.74, 6) is -0.289. The van der Waals surface area contributed by atoms with E-state index in [1.807, 2.05) is 30.5 Å². The van der Waals surface area contributed by atoms with Gasteiger partial charge in [-0.3, -0.25) is 4.79 Å². The first-order chi connectivity index (χ1) is 12.5. The van der Waals surface area contributed by atoms with Crippen LogP contribution in [0, 0.1) is 18.3 Å². The van der Waals surface area contributed by atoms with Crippen molar-refractivity contribution in [3.63, 3.8) is 0 Å². The number of aryl methyl sites for hydroxylation is 1. The Morgan fingerprint density at radius 1 is 1.19 bits per heavy atom. The van der Waals surface area contributed by atoms with Gasteiger partial charge in [-0.2, -0.15) is 5.26 Å². The molecule has 0 radical (unpaired) electrons. The fourth-order valence-electron chi connectivity index (χ4n) is 3.07. The van der Waals surface area contributed by atoms with Crippen LogP contribution in [0.2, 0.25) is 0 Å². The van der Waals surface area contributed by atoms with Gasteiger partial charge in [0, 0.05) is 43.3 Å². The van der Waals surface area contributed by atoms with E-state index in [4.69, 9.17) is 0 Å². The van der Waals surface area contributed by atoms with E-state index in [-0.39, 0.29) is 11.5 Å². The minimum absolute atomic E-state index is 0.133. The van der Waals surface area contributed by atoms with Crippen molar-refractivity contribution in [3.05, 3.63) is 77.0 Å². The molecule has 0 aliphatic rings. The van der Waals surface area contributed by atoms with E-state index in [0.29, 0.717) is 0 Å². The van der Waals surface area contributed by atoms with Crippen molar-refractivity contribution >= 4 is 22.9 Å². The lowest BCUT2D eigenvalue weighted by Crippen LogP contribution is -2.22. The predicted octanol–water partition coefficient (Wildman–Crippen LogP) is 3.99. The first-order valence-electron chi connectivity index (χ1n) is 8.46. The van der Waals surface area contributed by atoms with E-state index < -0.39 is 0 Å². The Balaban J connectivity index is 2.08. The van der Waals surface area contributed by atoms with E-state index in [2.05, 4.69) is 41.8 Å². The van der Waals surface area contributed by atoms with Gasteiger partial charge in [-0.15, -0.1) is 0 Å². The number of aromatic nitrogens is 1. The van der Waals surface area contributed by atoms with Gasteiger partial charge in [-0.1, -0.05) is 48.0 Å². The molecule has 4 heteroatoms. The molecule has 0 aliphatic carbocycles. The highest BCUT2D eigenvalue weighted by molar-refractivity contribution is 6.03. The van der Waals surface area contributed by atoms with Crippen molar-refractivity contribution < 1.29 is 4.79 Å². The summed E-state index contributed by atoms with van der Waals surface area (Å²) < 4.78 is 2.16. The summed E-state index contributed by atoms with van der Waals surface area (Å²) in [5, 5.41) is 10.4. The van der Waals surface area contributed by atoms with Crippen LogP contribution in [-0.2, 0) is 11.3 Å². The van der Waals surface area contributed by atoms with E-state index in [0.717, 1.165) is 23.0 Å². The third-order valence-corrected chi connectivity index (χ3v) is 4.31. The molecule has 3 rings (SSSR count). The van der Waals surface area contributed by atoms with Crippen molar-refractivity contribution in [3.8, 4) is 6.07 Å². The highest BCUT2D eigenvalue weighted by Crippen LogP contribution is 2.25. The summed E-state index contributed by atoms with van der Waals surface area (Å²) in [4.78, 5) is 13.6. The third-order valence-electron chi connectivity index (χ3n) is 4.31. The molecule has 0 saturated heterocycles. The maximum absolute atomic E-state index is 12.2. The molecule has 0 atom stereocenters. The summed E-state index contributed by atoms with van der Waals surface area (Å²) in [7, 11) is 3.29. The number of nitrogens with zero attached hydrogens (tertiary/aromatic N) is 3. The third kappa shape index (κ3) is 3.52. The standard InChI is InChI=1S/C22H21N3O/c1-16-7-6-8-17(11-16)14-25-15-19(20-9-4-5-10-21(20)25)12-18(13-23)22(26)24(2)3/h4-12,15H,14H2,1-3H3/b18-12-. The molecule has 1 aromatic heterocycles. The molecule has 1 heterocycles. The Morgan fingerprint density at radius 2 is 1.96 bits per heavy atom. The van der Waals surface area contributed by atoms with Gasteiger partial charge < -0.3 is 9.47 Å². The zero-order valence-electron chi connectivity index (χ0n) is 15.2. The molecule has 130 valence electrons. The van der Waals surface area contributed by atoms with Crippen molar-refractivity contribution in [2.24, 2.45) is 0 Å². The lowest BCUT2D eigenvalue weighted by atomic mass is 10.1. The average Bonchev–Trinajstić information content (AvgIpc) is 2.96. The molecule has 1 amide bonds. The van der Waals surface area contributed by atoms with E-state index in [9.17, 15) is 10.1 Å². The molecule has 0 bridgehead atoms. The van der Waals surface area contributed by atoms with Crippen LogP contribution < -0.4 is 0 Å². The van der Waals surface area contributed by atoms with Crippen LogP contribution in [0.5, 0.6) is 0 Å². The van der Waals surface area contributed by atoms with Gasteiger partial charge in [0.05, 0.1) is 0 Å². The summed E-state index contributed by atoms with van der Waals surface area (Å²) in [6.07, 6.45) is 3.69. The van der Waals surface area contributed by atoms with Crippen LogP contribution >= 0.6 is 0 Å². The average molecular weight is 343 g/mol. The number of rotatable bonds is 4. The number of benzene rings is 2. The molecule has 3 aromatic rings. The zero-order chi connectivity index (χ0) is 18.7. The quantitative estimate of drug-likeness (QED) is 0.531. The number of fused-ring (bicyclic) bond motifs is 1. The minimum Gasteiger partial charge on any atom is -0.344 e. The second kappa shape index (κ2) is 7.28. The lowest BCUT2D eigenvalue weighted by Gasteiger charge is -2.08. The molecule has 4 nitrogen and oxygen atoms in total. The summed E-state index contributed by atoms with van der Waals surface area (Å²) in [6, 6.07) is 18.5. The van der Waals surface area contributed by atoms with Gasteiger partial charge in [0.15, 0.2) is 0 Å². The molecule has 0 N–H and O–H groups in total. The van der Waals surface area contributed by atoms with E-state index in [1.54, 1.807) is 20.2 Å². The number of nitriles is 1. The van der Waals surface area contributed by atoms with Crippen LogP contribution in [0.25, 0.3) is 17.0 Å².